The Kier molecular flexibility index (Phi) is 19.7. The average Bonchev–Trinajstić information content (AvgIpc) is 2.87. The largest absolute Gasteiger partial charge is 0.494 e. The first kappa shape index (κ1) is 34.8. The number of phosphoric acid groups is 1. The fraction of sp³-hybridized carbons (Fsp3) is 0.767. The van der Waals surface area contributed by atoms with Gasteiger partial charge in [0.25, 0.3) is 0 Å². The Labute approximate surface area is 232 Å². The lowest BCUT2D eigenvalue weighted by atomic mass is 9.94. The lowest BCUT2D eigenvalue weighted by Gasteiger charge is -2.19. The van der Waals surface area contributed by atoms with Crippen molar-refractivity contribution in [1.82, 2.24) is 0 Å². The minimum Gasteiger partial charge on any atom is -0.494 e. The molecule has 0 aliphatic heterocycles. The number of aryl methyl sites for hydroxylation is 1. The zero-order chi connectivity index (χ0) is 28.1. The SMILES string of the molecule is CCCCCCCCCCCOc1ccc(CCC(COP(=O)(O)OCC[NH+](C)C)CC(=O)CCC)cc1. The molecule has 2 unspecified atom stereocenters. The van der Waals surface area contributed by atoms with Crippen molar-refractivity contribution < 1.29 is 32.9 Å². The summed E-state index contributed by atoms with van der Waals surface area (Å²) in [6.07, 6.45) is 14.8. The molecule has 38 heavy (non-hydrogen) atoms. The smallest absolute Gasteiger partial charge is 0.472 e. The maximum atomic E-state index is 12.3. The van der Waals surface area contributed by atoms with Crippen molar-refractivity contribution in [3.63, 3.8) is 0 Å². The van der Waals surface area contributed by atoms with Crippen LogP contribution in [0.4, 0.5) is 0 Å². The van der Waals surface area contributed by atoms with Crippen LogP contribution < -0.4 is 9.64 Å². The average molecular weight is 557 g/mol. The molecule has 0 radical (unpaired) electrons. The fourth-order valence-electron chi connectivity index (χ4n) is 4.28. The van der Waals surface area contributed by atoms with Crippen LogP contribution >= 0.6 is 7.82 Å². The van der Waals surface area contributed by atoms with E-state index >= 15 is 0 Å². The van der Waals surface area contributed by atoms with Gasteiger partial charge in [0, 0.05) is 12.8 Å². The second kappa shape index (κ2) is 21.6. The topological polar surface area (TPSA) is 86.5 Å². The number of quaternary nitrogens is 1. The number of nitrogens with one attached hydrogen (secondary N) is 1. The van der Waals surface area contributed by atoms with Crippen LogP contribution in [-0.2, 0) is 24.8 Å². The lowest BCUT2D eigenvalue weighted by Crippen LogP contribution is -3.06. The molecule has 2 N–H and O–H groups in total. The van der Waals surface area contributed by atoms with Crippen LogP contribution in [0.5, 0.6) is 5.75 Å². The van der Waals surface area contributed by atoms with E-state index < -0.39 is 7.82 Å². The zero-order valence-corrected chi connectivity index (χ0v) is 25.4. The van der Waals surface area contributed by atoms with Gasteiger partial charge in [0.1, 0.15) is 24.7 Å². The number of benzene rings is 1. The van der Waals surface area contributed by atoms with Crippen molar-refractivity contribution in [3.8, 4) is 5.75 Å². The van der Waals surface area contributed by atoms with Crippen molar-refractivity contribution in [2.45, 2.75) is 104 Å². The molecule has 0 amide bonds. The quantitative estimate of drug-likeness (QED) is 0.110. The summed E-state index contributed by atoms with van der Waals surface area (Å²) in [4.78, 5) is 23.4. The predicted octanol–water partition coefficient (Wildman–Crippen LogP) is 6.18. The molecule has 0 aliphatic rings. The molecule has 1 rings (SSSR count). The van der Waals surface area contributed by atoms with E-state index in [4.69, 9.17) is 13.8 Å². The molecule has 0 saturated carbocycles. The Balaban J connectivity index is 2.40. The van der Waals surface area contributed by atoms with Gasteiger partial charge < -0.3 is 14.5 Å². The van der Waals surface area contributed by atoms with E-state index in [1.54, 1.807) is 0 Å². The third-order valence-corrected chi connectivity index (χ3v) is 7.64. The second-order valence-electron chi connectivity index (χ2n) is 10.8. The van der Waals surface area contributed by atoms with Crippen molar-refractivity contribution in [2.24, 2.45) is 5.92 Å². The molecule has 2 atom stereocenters. The van der Waals surface area contributed by atoms with Crippen molar-refractivity contribution in [3.05, 3.63) is 29.8 Å². The maximum absolute atomic E-state index is 12.3. The number of carbonyl (C=O) groups is 1. The molecule has 7 nitrogen and oxygen atoms in total. The Morgan fingerprint density at radius 1 is 0.895 bits per heavy atom. The lowest BCUT2D eigenvalue weighted by molar-refractivity contribution is -0.858. The number of ether oxygens (including phenoxy) is 1. The predicted molar refractivity (Wildman–Crippen MR) is 155 cm³/mol. The molecule has 1 aromatic carbocycles. The van der Waals surface area contributed by atoms with Crippen LogP contribution in [-0.4, -0.2) is 51.1 Å². The summed E-state index contributed by atoms with van der Waals surface area (Å²) in [6, 6.07) is 8.11. The van der Waals surface area contributed by atoms with E-state index in [1.165, 1.54) is 51.4 Å². The first-order valence-electron chi connectivity index (χ1n) is 14.9. The van der Waals surface area contributed by atoms with Crippen LogP contribution in [0.1, 0.15) is 103 Å². The van der Waals surface area contributed by atoms with E-state index in [9.17, 15) is 14.3 Å². The molecule has 0 bridgehead atoms. The number of unbranched alkanes of at least 4 members (excludes halogenated alkanes) is 8. The third-order valence-electron chi connectivity index (χ3n) is 6.66. The van der Waals surface area contributed by atoms with Gasteiger partial charge in [-0.3, -0.25) is 13.8 Å². The Morgan fingerprint density at radius 2 is 1.53 bits per heavy atom. The van der Waals surface area contributed by atoms with Gasteiger partial charge in [-0.05, 0) is 49.3 Å². The number of ketones is 1. The van der Waals surface area contributed by atoms with E-state index in [2.05, 4.69) is 19.1 Å². The van der Waals surface area contributed by atoms with Gasteiger partial charge in [0.2, 0.25) is 0 Å². The number of hydrogen-bond donors (Lipinski definition) is 2. The van der Waals surface area contributed by atoms with Gasteiger partial charge in [0.05, 0.1) is 27.3 Å². The summed E-state index contributed by atoms with van der Waals surface area (Å²) in [6.45, 7) is 5.74. The van der Waals surface area contributed by atoms with Crippen LogP contribution in [0.25, 0.3) is 0 Å². The maximum Gasteiger partial charge on any atom is 0.472 e. The number of carbonyl (C=O) groups excluding carboxylic acids is 1. The van der Waals surface area contributed by atoms with Gasteiger partial charge >= 0.3 is 7.82 Å². The van der Waals surface area contributed by atoms with Crippen LogP contribution in [0, 0.1) is 5.92 Å². The number of likely N-dealkylation sites (N-methyl/N-ethyl adjacent to an activating group) is 1. The first-order chi connectivity index (χ1) is 18.3. The standard InChI is InChI=1S/C30H54NO6P/c1-5-7-8-9-10-11-12-13-14-23-35-30-20-18-27(19-21-30)16-17-28(25-29(32)15-6-2)26-37-38(33,34)36-24-22-31(3)4/h18-21,28H,5-17,22-26H2,1-4H3,(H,33,34)/p+1. The summed E-state index contributed by atoms with van der Waals surface area (Å²) in [7, 11) is -0.245. The van der Waals surface area contributed by atoms with Crippen molar-refractivity contribution in [1.29, 1.82) is 0 Å². The monoisotopic (exact) mass is 556 g/mol. The Hall–Kier alpha value is -1.24. The van der Waals surface area contributed by atoms with E-state index in [0.717, 1.165) is 42.1 Å². The van der Waals surface area contributed by atoms with Crippen molar-refractivity contribution in [2.75, 3.05) is 40.5 Å². The summed E-state index contributed by atoms with van der Waals surface area (Å²) in [5.74, 6) is 0.899. The minimum absolute atomic E-state index is 0.0258. The van der Waals surface area contributed by atoms with E-state index in [-0.39, 0.29) is 24.9 Å². The molecule has 8 heteroatoms. The molecule has 1 aromatic rings. The number of rotatable bonds is 25. The summed E-state index contributed by atoms with van der Waals surface area (Å²) < 4.78 is 28.5. The highest BCUT2D eigenvalue weighted by atomic mass is 31.2. The molecule has 0 spiro atoms. The summed E-state index contributed by atoms with van der Waals surface area (Å²) >= 11 is 0. The highest BCUT2D eigenvalue weighted by Crippen LogP contribution is 2.43. The van der Waals surface area contributed by atoms with Gasteiger partial charge in [-0.2, -0.15) is 0 Å². The number of Topliss-reactive ketones (excluding diaryl/α,β-unsaturated/α-hetero) is 1. The van der Waals surface area contributed by atoms with Gasteiger partial charge in [-0.25, -0.2) is 4.57 Å². The molecule has 0 heterocycles. The van der Waals surface area contributed by atoms with Crippen LogP contribution in [0.3, 0.4) is 0 Å². The van der Waals surface area contributed by atoms with E-state index in [0.29, 0.717) is 25.8 Å². The highest BCUT2D eigenvalue weighted by Gasteiger charge is 2.24. The first-order valence-corrected chi connectivity index (χ1v) is 16.4. The fourth-order valence-corrected chi connectivity index (χ4v) is 5.07. The van der Waals surface area contributed by atoms with Crippen LogP contribution in [0.2, 0.25) is 0 Å². The molecule has 0 saturated heterocycles. The molecule has 220 valence electrons. The highest BCUT2D eigenvalue weighted by molar-refractivity contribution is 7.47. The molecule has 0 aromatic heterocycles. The minimum atomic E-state index is -4.13. The number of phosphoric ester groups is 1. The molecular formula is C30H55NO6P+. The Morgan fingerprint density at radius 3 is 2.13 bits per heavy atom. The van der Waals surface area contributed by atoms with Crippen LogP contribution in [0.15, 0.2) is 24.3 Å². The summed E-state index contributed by atoms with van der Waals surface area (Å²) in [5.41, 5.74) is 1.14. The number of hydrogen-bond acceptors (Lipinski definition) is 5. The second-order valence-corrected chi connectivity index (χ2v) is 12.2. The third kappa shape index (κ3) is 18.9. The molecule has 0 fully saturated rings. The van der Waals surface area contributed by atoms with Gasteiger partial charge in [0.15, 0.2) is 0 Å². The summed E-state index contributed by atoms with van der Waals surface area (Å²) in [5, 5.41) is 0. The molecular weight excluding hydrogens is 501 g/mol. The molecule has 0 aliphatic carbocycles. The Bertz CT molecular complexity index is 771. The zero-order valence-electron chi connectivity index (χ0n) is 24.6. The normalized spacial score (nSPS) is 13.9. The van der Waals surface area contributed by atoms with Crippen molar-refractivity contribution >= 4 is 13.6 Å². The van der Waals surface area contributed by atoms with Gasteiger partial charge in [-0.1, -0.05) is 77.3 Å². The van der Waals surface area contributed by atoms with E-state index in [1.807, 2.05) is 33.2 Å². The van der Waals surface area contributed by atoms with Gasteiger partial charge in [-0.15, -0.1) is 0 Å².